The fourth-order valence-corrected chi connectivity index (χ4v) is 3.08. The number of Topliss-reactive ketones (excluding diaryl/α,β-unsaturated/α-hetero) is 1. The van der Waals surface area contributed by atoms with Crippen molar-refractivity contribution in [3.63, 3.8) is 0 Å². The van der Waals surface area contributed by atoms with E-state index in [1.165, 1.54) is 6.07 Å². The van der Waals surface area contributed by atoms with Crippen molar-refractivity contribution >= 4 is 11.9 Å². The predicted molar refractivity (Wildman–Crippen MR) is 91.6 cm³/mol. The van der Waals surface area contributed by atoms with Crippen molar-refractivity contribution in [3.8, 4) is 11.3 Å². The summed E-state index contributed by atoms with van der Waals surface area (Å²) in [7, 11) is 0. The number of benzene rings is 2. The first-order chi connectivity index (χ1) is 12.4. The molecule has 0 radical (unpaired) electrons. The molecule has 2 aromatic carbocycles. The molecule has 0 N–H and O–H groups in total. The minimum atomic E-state index is -4.41. The molecule has 0 amide bonds. The molecule has 0 saturated heterocycles. The van der Waals surface area contributed by atoms with Crippen LogP contribution in [-0.4, -0.2) is 5.78 Å². The van der Waals surface area contributed by atoms with Crippen LogP contribution in [-0.2, 0) is 12.6 Å². The van der Waals surface area contributed by atoms with E-state index in [4.69, 9.17) is 4.42 Å². The van der Waals surface area contributed by atoms with Crippen molar-refractivity contribution in [1.29, 1.82) is 0 Å². The van der Waals surface area contributed by atoms with E-state index in [1.54, 1.807) is 30.3 Å². The number of hydrogen-bond donors (Lipinski definition) is 0. The Morgan fingerprint density at radius 1 is 0.962 bits per heavy atom. The molecule has 0 saturated carbocycles. The number of alkyl halides is 3. The SMILES string of the molecule is O=C1C(=Cc2ccc(-c3cccc(C(F)(F)F)c3)o2)Cc2ccccc21. The molecule has 0 atom stereocenters. The van der Waals surface area contributed by atoms with Crippen LogP contribution in [0.4, 0.5) is 13.2 Å². The molecule has 0 bridgehead atoms. The second-order valence-corrected chi connectivity index (χ2v) is 6.11. The Morgan fingerprint density at radius 3 is 2.54 bits per heavy atom. The number of furan rings is 1. The topological polar surface area (TPSA) is 30.2 Å². The fourth-order valence-electron chi connectivity index (χ4n) is 3.08. The van der Waals surface area contributed by atoms with Gasteiger partial charge in [0.1, 0.15) is 11.5 Å². The Kier molecular flexibility index (Phi) is 3.80. The third kappa shape index (κ3) is 2.96. The van der Waals surface area contributed by atoms with E-state index in [0.717, 1.165) is 17.7 Å². The highest BCUT2D eigenvalue weighted by Crippen LogP contribution is 2.33. The molecule has 5 heteroatoms. The molecule has 130 valence electrons. The number of carbonyl (C=O) groups excluding carboxylic acids is 1. The summed E-state index contributed by atoms with van der Waals surface area (Å²) in [6.07, 6.45) is -2.23. The quantitative estimate of drug-likeness (QED) is 0.546. The molecule has 26 heavy (non-hydrogen) atoms. The van der Waals surface area contributed by atoms with Gasteiger partial charge in [-0.1, -0.05) is 36.4 Å². The maximum absolute atomic E-state index is 12.9. The summed E-state index contributed by atoms with van der Waals surface area (Å²) in [6, 6.07) is 15.6. The van der Waals surface area contributed by atoms with Crippen molar-refractivity contribution in [1.82, 2.24) is 0 Å². The van der Waals surface area contributed by atoms with E-state index in [9.17, 15) is 18.0 Å². The molecule has 1 aromatic heterocycles. The van der Waals surface area contributed by atoms with Crippen LogP contribution in [0.3, 0.4) is 0 Å². The lowest BCUT2D eigenvalue weighted by atomic mass is 10.1. The van der Waals surface area contributed by atoms with Gasteiger partial charge in [-0.3, -0.25) is 4.79 Å². The minimum Gasteiger partial charge on any atom is -0.457 e. The molecule has 0 unspecified atom stereocenters. The Hall–Kier alpha value is -3.08. The van der Waals surface area contributed by atoms with E-state index in [1.807, 2.05) is 18.2 Å². The van der Waals surface area contributed by atoms with Crippen LogP contribution < -0.4 is 0 Å². The van der Waals surface area contributed by atoms with Crippen molar-refractivity contribution in [2.24, 2.45) is 0 Å². The third-order valence-corrected chi connectivity index (χ3v) is 4.35. The molecule has 2 nitrogen and oxygen atoms in total. The first-order valence-electron chi connectivity index (χ1n) is 8.02. The van der Waals surface area contributed by atoms with Gasteiger partial charge in [-0.2, -0.15) is 13.2 Å². The normalized spacial score (nSPS) is 15.5. The lowest BCUT2D eigenvalue weighted by Gasteiger charge is -2.07. The summed E-state index contributed by atoms with van der Waals surface area (Å²) in [6.45, 7) is 0. The average Bonchev–Trinajstić information content (AvgIpc) is 3.20. The molecule has 1 heterocycles. The standard InChI is InChI=1S/C21H13F3O2/c22-21(23,24)16-6-3-5-14(11-16)19-9-8-17(26-19)12-15-10-13-4-1-2-7-18(13)20(15)25/h1-9,11-12H,10H2. The first-order valence-corrected chi connectivity index (χ1v) is 8.02. The summed E-state index contributed by atoms with van der Waals surface area (Å²) in [5.41, 5.74) is 1.87. The number of hydrogen-bond acceptors (Lipinski definition) is 2. The third-order valence-electron chi connectivity index (χ3n) is 4.35. The summed E-state index contributed by atoms with van der Waals surface area (Å²) in [5.74, 6) is 0.720. The average molecular weight is 354 g/mol. The lowest BCUT2D eigenvalue weighted by Crippen LogP contribution is -2.04. The summed E-state index contributed by atoms with van der Waals surface area (Å²) < 4.78 is 44.2. The summed E-state index contributed by atoms with van der Waals surface area (Å²) in [4.78, 5) is 12.4. The van der Waals surface area contributed by atoms with Crippen LogP contribution in [0.15, 0.2) is 70.7 Å². The van der Waals surface area contributed by atoms with Crippen LogP contribution in [0.2, 0.25) is 0 Å². The highest BCUT2D eigenvalue weighted by Gasteiger charge is 2.30. The predicted octanol–water partition coefficient (Wildman–Crippen LogP) is 5.79. The fraction of sp³-hybridized carbons (Fsp3) is 0.0952. The zero-order valence-corrected chi connectivity index (χ0v) is 13.5. The van der Waals surface area contributed by atoms with Crippen LogP contribution in [0.5, 0.6) is 0 Å². The zero-order valence-electron chi connectivity index (χ0n) is 13.5. The Balaban J connectivity index is 1.63. The lowest BCUT2D eigenvalue weighted by molar-refractivity contribution is -0.137. The highest BCUT2D eigenvalue weighted by atomic mass is 19.4. The summed E-state index contributed by atoms with van der Waals surface area (Å²) in [5, 5.41) is 0. The Bertz CT molecular complexity index is 1030. The van der Waals surface area contributed by atoms with Crippen molar-refractivity contribution in [3.05, 3.63) is 88.7 Å². The number of fused-ring (bicyclic) bond motifs is 1. The molecular weight excluding hydrogens is 341 g/mol. The minimum absolute atomic E-state index is 0.0439. The molecule has 3 aromatic rings. The Morgan fingerprint density at radius 2 is 1.77 bits per heavy atom. The van der Waals surface area contributed by atoms with Gasteiger partial charge in [0.15, 0.2) is 5.78 Å². The van der Waals surface area contributed by atoms with E-state index in [2.05, 4.69) is 0 Å². The zero-order chi connectivity index (χ0) is 18.3. The molecule has 4 rings (SSSR count). The van der Waals surface area contributed by atoms with E-state index in [0.29, 0.717) is 34.6 Å². The molecule has 0 fully saturated rings. The molecule has 0 spiro atoms. The molecule has 1 aliphatic rings. The number of rotatable bonds is 2. The van der Waals surface area contributed by atoms with Gasteiger partial charge in [0.25, 0.3) is 0 Å². The van der Waals surface area contributed by atoms with Gasteiger partial charge >= 0.3 is 6.18 Å². The van der Waals surface area contributed by atoms with Gasteiger partial charge in [-0.25, -0.2) is 0 Å². The number of carbonyl (C=O) groups is 1. The van der Waals surface area contributed by atoms with Crippen molar-refractivity contribution in [2.45, 2.75) is 12.6 Å². The van der Waals surface area contributed by atoms with Crippen molar-refractivity contribution < 1.29 is 22.4 Å². The van der Waals surface area contributed by atoms with Gasteiger partial charge in [0.05, 0.1) is 5.56 Å². The maximum atomic E-state index is 12.9. The molecular formula is C21H13F3O2. The monoisotopic (exact) mass is 354 g/mol. The van der Waals surface area contributed by atoms with Crippen LogP contribution >= 0.6 is 0 Å². The maximum Gasteiger partial charge on any atom is 0.416 e. The van der Waals surface area contributed by atoms with Gasteiger partial charge in [0, 0.05) is 23.1 Å². The van der Waals surface area contributed by atoms with E-state index < -0.39 is 11.7 Å². The van der Waals surface area contributed by atoms with Crippen LogP contribution in [0.25, 0.3) is 17.4 Å². The van der Waals surface area contributed by atoms with E-state index in [-0.39, 0.29) is 5.78 Å². The van der Waals surface area contributed by atoms with Crippen LogP contribution in [0.1, 0.15) is 27.2 Å². The van der Waals surface area contributed by atoms with Gasteiger partial charge in [-0.05, 0) is 35.9 Å². The van der Waals surface area contributed by atoms with E-state index >= 15 is 0 Å². The van der Waals surface area contributed by atoms with Crippen molar-refractivity contribution in [2.75, 3.05) is 0 Å². The highest BCUT2D eigenvalue weighted by molar-refractivity contribution is 6.15. The molecule has 1 aliphatic carbocycles. The smallest absolute Gasteiger partial charge is 0.416 e. The van der Waals surface area contributed by atoms with Gasteiger partial charge < -0.3 is 4.42 Å². The number of allylic oxidation sites excluding steroid dienone is 1. The first kappa shape index (κ1) is 16.4. The van der Waals surface area contributed by atoms with Crippen LogP contribution in [0, 0.1) is 0 Å². The van der Waals surface area contributed by atoms with Gasteiger partial charge in [-0.15, -0.1) is 0 Å². The largest absolute Gasteiger partial charge is 0.457 e. The Labute approximate surface area is 147 Å². The molecule has 0 aliphatic heterocycles. The second kappa shape index (κ2) is 6.02. The number of ketones is 1. The number of halogens is 3. The second-order valence-electron chi connectivity index (χ2n) is 6.11. The summed E-state index contributed by atoms with van der Waals surface area (Å²) >= 11 is 0. The van der Waals surface area contributed by atoms with Gasteiger partial charge in [0.2, 0.25) is 0 Å².